The molecular weight excluding hydrogens is 290 g/mol. The van der Waals surface area contributed by atoms with Crippen LogP contribution in [0.2, 0.25) is 0 Å². The van der Waals surface area contributed by atoms with E-state index in [4.69, 9.17) is 11.6 Å². The number of para-hydroxylation sites is 1. The second kappa shape index (κ2) is 6.72. The lowest BCUT2D eigenvalue weighted by molar-refractivity contribution is -0.121. The van der Waals surface area contributed by atoms with Crippen molar-refractivity contribution in [1.29, 1.82) is 0 Å². The molecule has 0 fully saturated rings. The Morgan fingerprint density at radius 3 is 2.76 bits per heavy atom. The first-order chi connectivity index (χ1) is 10.1. The van der Waals surface area contributed by atoms with E-state index in [9.17, 15) is 9.59 Å². The largest absolute Gasteiger partial charge is 0.355 e. The second-order valence-corrected chi connectivity index (χ2v) is 5.23. The van der Waals surface area contributed by atoms with E-state index in [1.807, 2.05) is 19.9 Å². The Bertz CT molecular complexity index is 712. The third kappa shape index (κ3) is 3.24. The quantitative estimate of drug-likeness (QED) is 0.862. The van der Waals surface area contributed by atoms with Gasteiger partial charge in [0.1, 0.15) is 12.4 Å². The van der Waals surface area contributed by atoms with Crippen molar-refractivity contribution in [2.75, 3.05) is 6.54 Å². The summed E-state index contributed by atoms with van der Waals surface area (Å²) in [5.41, 5.74) is 0.365. The fourth-order valence-corrected chi connectivity index (χ4v) is 2.32. The van der Waals surface area contributed by atoms with Gasteiger partial charge in [-0.2, -0.15) is 0 Å². The van der Waals surface area contributed by atoms with Gasteiger partial charge in [0.2, 0.25) is 5.91 Å². The van der Waals surface area contributed by atoms with Crippen LogP contribution in [0.4, 0.5) is 0 Å². The Labute approximate surface area is 127 Å². The molecule has 1 amide bonds. The zero-order chi connectivity index (χ0) is 15.4. The van der Waals surface area contributed by atoms with Gasteiger partial charge in [0.25, 0.3) is 5.56 Å². The van der Waals surface area contributed by atoms with Crippen molar-refractivity contribution in [1.82, 2.24) is 14.9 Å². The second-order valence-electron chi connectivity index (χ2n) is 4.71. The summed E-state index contributed by atoms with van der Waals surface area (Å²) in [5.74, 6) is 0.215. The van der Waals surface area contributed by atoms with Gasteiger partial charge in [-0.25, -0.2) is 4.98 Å². The lowest BCUT2D eigenvalue weighted by atomic mass is 10.2. The van der Waals surface area contributed by atoms with Crippen LogP contribution in [0.3, 0.4) is 0 Å². The lowest BCUT2D eigenvalue weighted by Crippen LogP contribution is -2.34. The average Bonchev–Trinajstić information content (AvgIpc) is 2.49. The third-order valence-electron chi connectivity index (χ3n) is 3.21. The molecule has 21 heavy (non-hydrogen) atoms. The van der Waals surface area contributed by atoms with Gasteiger partial charge in [-0.15, -0.1) is 11.6 Å². The van der Waals surface area contributed by atoms with Gasteiger partial charge >= 0.3 is 0 Å². The van der Waals surface area contributed by atoms with Gasteiger partial charge in [0.15, 0.2) is 0 Å². The summed E-state index contributed by atoms with van der Waals surface area (Å²) >= 11 is 6.27. The number of rotatable bonds is 5. The third-order valence-corrected chi connectivity index (χ3v) is 3.71. The van der Waals surface area contributed by atoms with Crippen molar-refractivity contribution in [2.24, 2.45) is 0 Å². The van der Waals surface area contributed by atoms with Crippen LogP contribution in [0.15, 0.2) is 29.1 Å². The Morgan fingerprint density at radius 1 is 1.38 bits per heavy atom. The van der Waals surface area contributed by atoms with Crippen molar-refractivity contribution in [2.45, 2.75) is 32.2 Å². The van der Waals surface area contributed by atoms with Gasteiger partial charge in [0, 0.05) is 6.54 Å². The zero-order valence-corrected chi connectivity index (χ0v) is 12.9. The normalized spacial score (nSPS) is 12.3. The van der Waals surface area contributed by atoms with Gasteiger partial charge in [-0.3, -0.25) is 14.2 Å². The van der Waals surface area contributed by atoms with Crippen LogP contribution in [0.5, 0.6) is 0 Å². The number of likely N-dealkylation sites (N-methyl/N-ethyl adjacent to an activating group) is 1. The smallest absolute Gasteiger partial charge is 0.261 e. The molecule has 1 unspecified atom stereocenters. The first kappa shape index (κ1) is 15.5. The predicted octanol–water partition coefficient (Wildman–Crippen LogP) is 2.22. The Hall–Kier alpha value is -1.88. The molecule has 2 aromatic rings. The minimum Gasteiger partial charge on any atom is -0.355 e. The Kier molecular flexibility index (Phi) is 4.96. The molecule has 6 heteroatoms. The number of hydrogen-bond acceptors (Lipinski definition) is 3. The summed E-state index contributed by atoms with van der Waals surface area (Å²) < 4.78 is 1.37. The molecule has 0 aliphatic rings. The summed E-state index contributed by atoms with van der Waals surface area (Å²) in [6.07, 6.45) is 0.627. The van der Waals surface area contributed by atoms with Crippen LogP contribution >= 0.6 is 11.6 Å². The van der Waals surface area contributed by atoms with E-state index >= 15 is 0 Å². The Balaban J connectivity index is 2.61. The van der Waals surface area contributed by atoms with E-state index in [0.29, 0.717) is 29.7 Å². The van der Waals surface area contributed by atoms with E-state index in [0.717, 1.165) is 0 Å². The number of benzene rings is 1. The maximum Gasteiger partial charge on any atom is 0.261 e. The molecule has 0 bridgehead atoms. The minimum atomic E-state index is -0.406. The van der Waals surface area contributed by atoms with Gasteiger partial charge in [-0.1, -0.05) is 19.1 Å². The highest BCUT2D eigenvalue weighted by Gasteiger charge is 2.18. The van der Waals surface area contributed by atoms with Crippen molar-refractivity contribution in [3.8, 4) is 0 Å². The number of halogens is 1. The molecule has 1 aromatic carbocycles. The van der Waals surface area contributed by atoms with Crippen LogP contribution in [0.1, 0.15) is 31.5 Å². The van der Waals surface area contributed by atoms with Gasteiger partial charge < -0.3 is 5.32 Å². The highest BCUT2D eigenvalue weighted by atomic mass is 35.5. The first-order valence-electron chi connectivity index (χ1n) is 6.98. The topological polar surface area (TPSA) is 64.0 Å². The number of amides is 1. The average molecular weight is 308 g/mol. The minimum absolute atomic E-state index is 0.0664. The van der Waals surface area contributed by atoms with Gasteiger partial charge in [0.05, 0.1) is 16.3 Å². The molecular formula is C15H18ClN3O2. The lowest BCUT2D eigenvalue weighted by Gasteiger charge is -2.15. The van der Waals surface area contributed by atoms with Crippen molar-refractivity contribution < 1.29 is 4.79 Å². The molecule has 0 aliphatic carbocycles. The zero-order valence-electron chi connectivity index (χ0n) is 12.1. The summed E-state index contributed by atoms with van der Waals surface area (Å²) in [7, 11) is 0. The van der Waals surface area contributed by atoms with Crippen LogP contribution in [-0.4, -0.2) is 22.0 Å². The highest BCUT2D eigenvalue weighted by molar-refractivity contribution is 6.20. The summed E-state index contributed by atoms with van der Waals surface area (Å²) in [6, 6.07) is 7.08. The summed E-state index contributed by atoms with van der Waals surface area (Å²) in [5, 5.41) is 2.77. The van der Waals surface area contributed by atoms with Crippen molar-refractivity contribution >= 4 is 28.4 Å². The molecule has 1 N–H and O–H groups in total. The van der Waals surface area contributed by atoms with Crippen LogP contribution in [0, 0.1) is 0 Å². The van der Waals surface area contributed by atoms with Crippen LogP contribution in [-0.2, 0) is 11.3 Å². The Morgan fingerprint density at radius 2 is 2.10 bits per heavy atom. The molecule has 0 saturated carbocycles. The molecule has 0 aliphatic heterocycles. The molecule has 1 aromatic heterocycles. The van der Waals surface area contributed by atoms with E-state index in [2.05, 4.69) is 10.3 Å². The molecule has 5 nitrogen and oxygen atoms in total. The molecule has 1 atom stereocenters. The number of fused-ring (bicyclic) bond motifs is 1. The van der Waals surface area contributed by atoms with E-state index in [-0.39, 0.29) is 18.0 Å². The number of alkyl halides is 1. The standard InChI is InChI=1S/C15H18ClN3O2/c1-3-11(16)14-18-12-8-6-5-7-10(12)15(21)19(14)9-13(20)17-4-2/h5-8,11H,3-4,9H2,1-2H3,(H,17,20). The number of carbonyl (C=O) groups excluding carboxylic acids is 1. The molecule has 0 spiro atoms. The molecule has 1 heterocycles. The van der Waals surface area contributed by atoms with Crippen molar-refractivity contribution in [3.05, 3.63) is 40.4 Å². The summed E-state index contributed by atoms with van der Waals surface area (Å²) in [6.45, 7) is 4.19. The predicted molar refractivity (Wildman–Crippen MR) is 83.6 cm³/mol. The number of carbonyl (C=O) groups is 1. The maximum absolute atomic E-state index is 12.6. The first-order valence-corrected chi connectivity index (χ1v) is 7.42. The maximum atomic E-state index is 12.6. The SMILES string of the molecule is CCNC(=O)Cn1c(C(Cl)CC)nc2ccccc2c1=O. The van der Waals surface area contributed by atoms with E-state index in [1.165, 1.54) is 4.57 Å². The number of hydrogen-bond donors (Lipinski definition) is 1. The monoisotopic (exact) mass is 307 g/mol. The van der Waals surface area contributed by atoms with Gasteiger partial charge in [-0.05, 0) is 25.5 Å². The molecule has 2 rings (SSSR count). The number of aromatic nitrogens is 2. The number of nitrogens with one attached hydrogen (secondary N) is 1. The number of nitrogens with zero attached hydrogens (tertiary/aromatic N) is 2. The fraction of sp³-hybridized carbons (Fsp3) is 0.400. The molecule has 0 radical (unpaired) electrons. The van der Waals surface area contributed by atoms with E-state index in [1.54, 1.807) is 18.2 Å². The molecule has 112 valence electrons. The summed E-state index contributed by atoms with van der Waals surface area (Å²) in [4.78, 5) is 28.9. The highest BCUT2D eigenvalue weighted by Crippen LogP contribution is 2.22. The van der Waals surface area contributed by atoms with Crippen LogP contribution < -0.4 is 10.9 Å². The van der Waals surface area contributed by atoms with Crippen LogP contribution in [0.25, 0.3) is 10.9 Å². The van der Waals surface area contributed by atoms with Crippen molar-refractivity contribution in [3.63, 3.8) is 0 Å². The fourth-order valence-electron chi connectivity index (χ4n) is 2.16. The molecule has 0 saturated heterocycles. The van der Waals surface area contributed by atoms with E-state index < -0.39 is 5.38 Å².